The van der Waals surface area contributed by atoms with E-state index in [1.165, 1.54) is 0 Å². The molecule has 6 aromatic carbocycles. The number of azo groups is 2. The Morgan fingerprint density at radius 2 is 0.714 bits per heavy atom. The van der Waals surface area contributed by atoms with Gasteiger partial charge in [0, 0.05) is 11.1 Å². The number of nitrogens with zero attached hydrogens (tertiary/aromatic N) is 6. The maximum atomic E-state index is 5.87. The topological polar surface area (TPSA) is 135 Å². The number of hydrogen-bond donors (Lipinski definition) is 2. The second kappa shape index (κ2) is 22.3. The van der Waals surface area contributed by atoms with Crippen molar-refractivity contribution in [3.8, 4) is 11.5 Å². The molecule has 0 heterocycles. The molecule has 0 amide bonds. The van der Waals surface area contributed by atoms with Crippen molar-refractivity contribution in [3.05, 3.63) is 181 Å². The van der Waals surface area contributed by atoms with E-state index in [9.17, 15) is 0 Å². The van der Waals surface area contributed by atoms with Crippen molar-refractivity contribution < 1.29 is 18.9 Å². The van der Waals surface area contributed by atoms with Crippen LogP contribution in [0.5, 0.6) is 11.5 Å². The van der Waals surface area contributed by atoms with E-state index >= 15 is 0 Å². The zero-order valence-corrected chi connectivity index (χ0v) is 30.7. The first-order valence-corrected chi connectivity index (χ1v) is 18.1. The molecule has 0 aliphatic heterocycles. The second-order valence-corrected chi connectivity index (χ2v) is 11.9. The van der Waals surface area contributed by atoms with Crippen molar-refractivity contribution in [2.45, 2.75) is 0 Å². The van der Waals surface area contributed by atoms with Gasteiger partial charge < -0.3 is 18.9 Å². The maximum absolute atomic E-state index is 5.87. The number of rotatable bonds is 19. The molecule has 0 bridgehead atoms. The van der Waals surface area contributed by atoms with Crippen LogP contribution >= 0.6 is 0 Å². The molecule has 282 valence electrons. The Kier molecular flexibility index (Phi) is 15.4. The normalized spacial score (nSPS) is 11.9. The Morgan fingerprint density at radius 3 is 1.09 bits per heavy atom. The predicted molar refractivity (Wildman–Crippen MR) is 221 cm³/mol. The van der Waals surface area contributed by atoms with Crippen molar-refractivity contribution in [1.82, 2.24) is 0 Å². The van der Waals surface area contributed by atoms with Crippen LogP contribution in [0.1, 0.15) is 11.1 Å². The van der Waals surface area contributed by atoms with Gasteiger partial charge in [-0.25, -0.2) is 0 Å². The minimum Gasteiger partial charge on any atom is -0.491 e. The fraction of sp³-hybridized carbons (Fsp3) is 0.136. The number of nitrogens with one attached hydrogen (secondary N) is 2. The predicted octanol–water partition coefficient (Wildman–Crippen LogP) is 10.3. The van der Waals surface area contributed by atoms with Gasteiger partial charge in [0.1, 0.15) is 24.7 Å². The summed E-state index contributed by atoms with van der Waals surface area (Å²) < 4.78 is 23.1. The highest BCUT2D eigenvalue weighted by atomic mass is 16.6. The summed E-state index contributed by atoms with van der Waals surface area (Å²) in [5.74, 6) is 2.28. The van der Waals surface area contributed by atoms with E-state index in [-0.39, 0.29) is 0 Å². The number of hydrazone groups is 2. The lowest BCUT2D eigenvalue weighted by molar-refractivity contribution is 0.0273. The standard InChI is InChI=1S/C44H42N8O4/c1-5-13-37(14-6-1)45-49-43(50-46-38-15-7-2-8-16-38)35-21-25-41(26-22-35)55-33-31-53-29-30-54-32-34-56-42-27-23-36(24-28-42)44(51-47-39-17-9-3-10-18-39)52-48-40-19-11-4-12-20-40/h1-28,45,47H,29-34H2/b49-43-,50-46?,51-44-,52-48?. The third-order valence-corrected chi connectivity index (χ3v) is 7.75. The van der Waals surface area contributed by atoms with Crippen LogP contribution in [0.4, 0.5) is 22.7 Å². The molecule has 2 N–H and O–H groups in total. The lowest BCUT2D eigenvalue weighted by Gasteiger charge is -2.10. The molecular weight excluding hydrogens is 705 g/mol. The fourth-order valence-corrected chi connectivity index (χ4v) is 4.91. The molecule has 0 aliphatic carbocycles. The van der Waals surface area contributed by atoms with Gasteiger partial charge in [-0.15, -0.1) is 20.5 Å². The van der Waals surface area contributed by atoms with Crippen LogP contribution in [0.2, 0.25) is 0 Å². The van der Waals surface area contributed by atoms with Crippen molar-refractivity contribution >= 4 is 34.4 Å². The average Bonchev–Trinajstić information content (AvgIpc) is 3.26. The first-order chi connectivity index (χ1) is 27.8. The Labute approximate surface area is 326 Å². The summed E-state index contributed by atoms with van der Waals surface area (Å²) in [7, 11) is 0. The lowest BCUT2D eigenvalue weighted by atomic mass is 10.2. The highest BCUT2D eigenvalue weighted by Gasteiger charge is 2.07. The van der Waals surface area contributed by atoms with Crippen LogP contribution in [0, 0.1) is 0 Å². The molecule has 0 aromatic heterocycles. The van der Waals surface area contributed by atoms with Crippen molar-refractivity contribution in [2.24, 2.45) is 30.7 Å². The van der Waals surface area contributed by atoms with Crippen molar-refractivity contribution in [3.63, 3.8) is 0 Å². The number of hydrogen-bond acceptors (Lipinski definition) is 10. The quantitative estimate of drug-likeness (QED) is 0.0278. The molecule has 6 aromatic rings. The van der Waals surface area contributed by atoms with Crippen molar-refractivity contribution in [2.75, 3.05) is 50.5 Å². The van der Waals surface area contributed by atoms with Crippen LogP contribution in [0.3, 0.4) is 0 Å². The zero-order valence-electron chi connectivity index (χ0n) is 30.7. The van der Waals surface area contributed by atoms with Crippen LogP contribution in [0.15, 0.2) is 201 Å². The van der Waals surface area contributed by atoms with Crippen LogP contribution in [-0.2, 0) is 9.47 Å². The fourth-order valence-electron chi connectivity index (χ4n) is 4.91. The van der Waals surface area contributed by atoms with Gasteiger partial charge in [-0.2, -0.15) is 10.2 Å². The van der Waals surface area contributed by atoms with Gasteiger partial charge >= 0.3 is 0 Å². The largest absolute Gasteiger partial charge is 0.491 e. The van der Waals surface area contributed by atoms with E-state index in [1.54, 1.807) is 0 Å². The highest BCUT2D eigenvalue weighted by Crippen LogP contribution is 2.19. The third kappa shape index (κ3) is 13.4. The summed E-state index contributed by atoms with van der Waals surface area (Å²) in [6.07, 6.45) is 0. The minimum absolute atomic E-state index is 0.394. The van der Waals surface area contributed by atoms with Gasteiger partial charge in [-0.05, 0) is 97.1 Å². The summed E-state index contributed by atoms with van der Waals surface area (Å²) in [4.78, 5) is 0. The molecule has 56 heavy (non-hydrogen) atoms. The van der Waals surface area contributed by atoms with Gasteiger partial charge in [0.15, 0.2) is 0 Å². The maximum Gasteiger partial charge on any atom is 0.201 e. The van der Waals surface area contributed by atoms with Gasteiger partial charge in [-0.3, -0.25) is 10.9 Å². The van der Waals surface area contributed by atoms with Crippen LogP contribution in [-0.4, -0.2) is 51.3 Å². The van der Waals surface area contributed by atoms with E-state index in [0.717, 1.165) is 33.9 Å². The SMILES string of the molecule is c1ccc(N=N/C(=N\Nc2ccccc2)c2ccc(OCCOCCOCCOc3ccc(/C(N=Nc4ccccc4)=N/Nc4ccccc4)cc3)cc2)cc1. The Hall–Kier alpha value is -7.02. The van der Waals surface area contributed by atoms with E-state index in [0.29, 0.717) is 62.8 Å². The first kappa shape index (κ1) is 38.7. The first-order valence-electron chi connectivity index (χ1n) is 18.1. The number of anilines is 2. The Balaban J connectivity index is 0.881. The third-order valence-electron chi connectivity index (χ3n) is 7.75. The van der Waals surface area contributed by atoms with E-state index in [1.807, 2.05) is 170 Å². The molecule has 0 aliphatic rings. The Morgan fingerprint density at radius 1 is 0.375 bits per heavy atom. The monoisotopic (exact) mass is 746 g/mol. The zero-order chi connectivity index (χ0) is 38.3. The molecule has 12 heteroatoms. The highest BCUT2D eigenvalue weighted by molar-refractivity contribution is 6.00. The van der Waals surface area contributed by atoms with Crippen molar-refractivity contribution in [1.29, 1.82) is 0 Å². The summed E-state index contributed by atoms with van der Waals surface area (Å²) in [5.41, 5.74) is 10.8. The lowest BCUT2D eigenvalue weighted by Crippen LogP contribution is -2.13. The van der Waals surface area contributed by atoms with E-state index < -0.39 is 0 Å². The molecule has 0 saturated heterocycles. The number of amidine groups is 2. The summed E-state index contributed by atoms with van der Waals surface area (Å²) in [5, 5.41) is 26.5. The second-order valence-electron chi connectivity index (χ2n) is 11.9. The number of ether oxygens (including phenoxy) is 4. The summed E-state index contributed by atoms with van der Waals surface area (Å²) >= 11 is 0. The van der Waals surface area contributed by atoms with Crippen LogP contribution < -0.4 is 20.3 Å². The molecule has 0 radical (unpaired) electrons. The minimum atomic E-state index is 0.394. The van der Waals surface area contributed by atoms with Gasteiger partial charge in [0.25, 0.3) is 0 Å². The van der Waals surface area contributed by atoms with E-state index in [2.05, 4.69) is 41.5 Å². The molecule has 0 fully saturated rings. The number of para-hydroxylation sites is 2. The van der Waals surface area contributed by atoms with E-state index in [4.69, 9.17) is 18.9 Å². The molecule has 12 nitrogen and oxygen atoms in total. The molecule has 6 rings (SSSR count). The van der Waals surface area contributed by atoms with Gasteiger partial charge in [0.05, 0.1) is 49.2 Å². The Bertz CT molecular complexity index is 1980. The molecular formula is C44H42N8O4. The molecule has 0 unspecified atom stereocenters. The molecule has 0 atom stereocenters. The van der Waals surface area contributed by atoms with Crippen LogP contribution in [0.25, 0.3) is 0 Å². The number of benzene rings is 6. The summed E-state index contributed by atoms with van der Waals surface area (Å²) in [6, 6.07) is 53.5. The van der Waals surface area contributed by atoms with Gasteiger partial charge in [0.2, 0.25) is 11.7 Å². The summed E-state index contributed by atoms with van der Waals surface area (Å²) in [6.45, 7) is 2.51. The molecule has 0 saturated carbocycles. The smallest absolute Gasteiger partial charge is 0.201 e. The van der Waals surface area contributed by atoms with Gasteiger partial charge in [-0.1, -0.05) is 72.8 Å². The average molecular weight is 747 g/mol. The molecule has 0 spiro atoms.